The number of likely N-dealkylation sites (tertiary alicyclic amines) is 1. The Bertz CT molecular complexity index is 947. The number of aryl methyl sites for hydroxylation is 2. The number of benzene rings is 1. The average molecular weight is 366 g/mol. The van der Waals surface area contributed by atoms with Crippen LogP contribution in [-0.4, -0.2) is 42.3 Å². The number of aromatic nitrogens is 5. The molecule has 0 atom stereocenters. The highest BCUT2D eigenvalue weighted by Crippen LogP contribution is 2.22. The lowest BCUT2D eigenvalue weighted by Gasteiger charge is -2.31. The number of nitrogens with one attached hydrogen (secondary N) is 1. The molecule has 1 aliphatic rings. The fraction of sp³-hybridized carbons (Fsp3) is 0.450. The molecule has 0 amide bonds. The van der Waals surface area contributed by atoms with Crippen LogP contribution in [0.5, 0.6) is 0 Å². The van der Waals surface area contributed by atoms with Crippen LogP contribution in [0, 0.1) is 12.8 Å². The third kappa shape index (κ3) is 3.88. The number of piperidine rings is 1. The molecule has 4 rings (SSSR count). The molecule has 0 radical (unpaired) electrons. The molecule has 142 valence electrons. The number of nitrogens with zero attached hydrogens (tertiary/aromatic N) is 5. The number of H-pyrrole nitrogens is 1. The van der Waals surface area contributed by atoms with Gasteiger partial charge in [0.15, 0.2) is 0 Å². The first-order chi connectivity index (χ1) is 13.1. The van der Waals surface area contributed by atoms with E-state index >= 15 is 0 Å². The van der Waals surface area contributed by atoms with Gasteiger partial charge in [0.05, 0.1) is 12.2 Å². The molecule has 7 heteroatoms. The summed E-state index contributed by atoms with van der Waals surface area (Å²) in [6.07, 6.45) is 4.93. The Balaban J connectivity index is 1.42. The van der Waals surface area contributed by atoms with E-state index in [9.17, 15) is 4.79 Å². The van der Waals surface area contributed by atoms with E-state index in [-0.39, 0.29) is 5.69 Å². The molecule has 3 heterocycles. The first-order valence-electron chi connectivity index (χ1n) is 9.53. The van der Waals surface area contributed by atoms with Gasteiger partial charge in [0.1, 0.15) is 11.6 Å². The monoisotopic (exact) mass is 366 g/mol. The van der Waals surface area contributed by atoms with Crippen LogP contribution in [-0.2, 0) is 20.0 Å². The molecule has 1 aromatic carbocycles. The number of imidazole rings is 1. The zero-order valence-corrected chi connectivity index (χ0v) is 15.9. The van der Waals surface area contributed by atoms with Crippen molar-refractivity contribution in [2.45, 2.75) is 32.7 Å². The van der Waals surface area contributed by atoms with Crippen molar-refractivity contribution >= 4 is 0 Å². The first kappa shape index (κ1) is 17.7. The summed E-state index contributed by atoms with van der Waals surface area (Å²) in [7, 11) is 1.72. The van der Waals surface area contributed by atoms with E-state index in [1.165, 1.54) is 4.68 Å². The molecular formula is C20H26N6O. The summed E-state index contributed by atoms with van der Waals surface area (Å²) in [4.78, 5) is 22.7. The molecule has 0 saturated carbocycles. The van der Waals surface area contributed by atoms with E-state index in [1.807, 2.05) is 43.5 Å². The van der Waals surface area contributed by atoms with Crippen LogP contribution in [0.2, 0.25) is 0 Å². The second-order valence-electron chi connectivity index (χ2n) is 7.43. The standard InChI is InChI=1S/C20H26N6O/c1-15-13-21-18(22-15)14-25-10-8-16(9-11-25)12-19-23-24(2)20(27)26(19)17-6-4-3-5-7-17/h3-7,13,16H,8-12,14H2,1-2H3,(H,21,22). The van der Waals surface area contributed by atoms with E-state index in [4.69, 9.17) is 0 Å². The van der Waals surface area contributed by atoms with Crippen molar-refractivity contribution in [3.8, 4) is 5.69 Å². The second kappa shape index (κ2) is 7.52. The zero-order chi connectivity index (χ0) is 18.8. The van der Waals surface area contributed by atoms with Crippen LogP contribution < -0.4 is 5.69 Å². The van der Waals surface area contributed by atoms with Crippen LogP contribution in [0.1, 0.15) is 30.2 Å². The maximum atomic E-state index is 12.5. The molecule has 0 spiro atoms. The molecule has 1 N–H and O–H groups in total. The molecule has 0 unspecified atom stereocenters. The van der Waals surface area contributed by atoms with Crippen LogP contribution >= 0.6 is 0 Å². The average Bonchev–Trinajstić information content (AvgIpc) is 3.20. The number of rotatable bonds is 5. The highest BCUT2D eigenvalue weighted by atomic mass is 16.2. The van der Waals surface area contributed by atoms with Gasteiger partial charge in [-0.05, 0) is 50.9 Å². The fourth-order valence-electron chi connectivity index (χ4n) is 3.85. The number of para-hydroxylation sites is 1. The Labute approximate surface area is 158 Å². The van der Waals surface area contributed by atoms with E-state index in [0.29, 0.717) is 5.92 Å². The van der Waals surface area contributed by atoms with Gasteiger partial charge in [-0.25, -0.2) is 19.0 Å². The molecule has 0 aliphatic carbocycles. The first-order valence-corrected chi connectivity index (χ1v) is 9.53. The normalized spacial score (nSPS) is 16.1. The van der Waals surface area contributed by atoms with Gasteiger partial charge < -0.3 is 4.98 Å². The summed E-state index contributed by atoms with van der Waals surface area (Å²) in [6, 6.07) is 9.78. The van der Waals surface area contributed by atoms with Gasteiger partial charge in [0.2, 0.25) is 0 Å². The van der Waals surface area contributed by atoms with Gasteiger partial charge in [-0.1, -0.05) is 18.2 Å². The number of aromatic amines is 1. The summed E-state index contributed by atoms with van der Waals surface area (Å²) in [5.41, 5.74) is 1.91. The highest BCUT2D eigenvalue weighted by Gasteiger charge is 2.23. The lowest BCUT2D eigenvalue weighted by atomic mass is 9.93. The summed E-state index contributed by atoms with van der Waals surface area (Å²) < 4.78 is 3.19. The van der Waals surface area contributed by atoms with Crippen molar-refractivity contribution in [3.63, 3.8) is 0 Å². The lowest BCUT2D eigenvalue weighted by Crippen LogP contribution is -2.34. The minimum absolute atomic E-state index is 0.0816. The van der Waals surface area contributed by atoms with Gasteiger partial charge in [0, 0.05) is 25.4 Å². The van der Waals surface area contributed by atoms with Gasteiger partial charge in [-0.2, -0.15) is 5.10 Å². The molecule has 3 aromatic rings. The van der Waals surface area contributed by atoms with Gasteiger partial charge >= 0.3 is 5.69 Å². The van der Waals surface area contributed by atoms with Gasteiger partial charge in [0.25, 0.3) is 0 Å². The predicted octanol–water partition coefficient (Wildman–Crippen LogP) is 2.06. The summed E-state index contributed by atoms with van der Waals surface area (Å²) >= 11 is 0. The molecule has 0 bridgehead atoms. The number of hydrogen-bond acceptors (Lipinski definition) is 4. The Morgan fingerprint density at radius 3 is 2.59 bits per heavy atom. The molecule has 7 nitrogen and oxygen atoms in total. The van der Waals surface area contributed by atoms with Gasteiger partial charge in [-0.15, -0.1) is 0 Å². The van der Waals surface area contributed by atoms with Gasteiger partial charge in [-0.3, -0.25) is 4.90 Å². The second-order valence-corrected chi connectivity index (χ2v) is 7.43. The summed E-state index contributed by atoms with van der Waals surface area (Å²) in [6.45, 7) is 5.00. The SMILES string of the molecule is Cc1cnc(CN2CCC(Cc3nn(C)c(=O)n3-c3ccccc3)CC2)[nH]1. The predicted molar refractivity (Wildman–Crippen MR) is 104 cm³/mol. The topological polar surface area (TPSA) is 71.7 Å². The minimum atomic E-state index is -0.0816. The fourth-order valence-corrected chi connectivity index (χ4v) is 3.85. The molecule has 2 aromatic heterocycles. The minimum Gasteiger partial charge on any atom is -0.345 e. The van der Waals surface area contributed by atoms with Crippen LogP contribution in [0.25, 0.3) is 5.69 Å². The Kier molecular flexibility index (Phi) is 4.94. The number of hydrogen-bond donors (Lipinski definition) is 1. The van der Waals surface area contributed by atoms with E-state index in [2.05, 4.69) is 20.0 Å². The van der Waals surface area contributed by atoms with Crippen molar-refractivity contribution < 1.29 is 0 Å². The smallest absolute Gasteiger partial charge is 0.345 e. The Hall–Kier alpha value is -2.67. The van der Waals surface area contributed by atoms with E-state index in [0.717, 1.165) is 61.9 Å². The van der Waals surface area contributed by atoms with Crippen molar-refractivity contribution in [2.24, 2.45) is 13.0 Å². The quantitative estimate of drug-likeness (QED) is 0.750. The van der Waals surface area contributed by atoms with Crippen molar-refractivity contribution in [1.82, 2.24) is 29.2 Å². The molecular weight excluding hydrogens is 340 g/mol. The maximum Gasteiger partial charge on any atom is 0.350 e. The lowest BCUT2D eigenvalue weighted by molar-refractivity contribution is 0.172. The summed E-state index contributed by atoms with van der Waals surface area (Å²) in [5, 5.41) is 4.51. The third-order valence-electron chi connectivity index (χ3n) is 5.31. The maximum absolute atomic E-state index is 12.5. The van der Waals surface area contributed by atoms with Crippen molar-refractivity contribution in [2.75, 3.05) is 13.1 Å². The highest BCUT2D eigenvalue weighted by molar-refractivity contribution is 5.32. The van der Waals surface area contributed by atoms with E-state index in [1.54, 1.807) is 11.6 Å². The summed E-state index contributed by atoms with van der Waals surface area (Å²) in [5.74, 6) is 2.44. The largest absolute Gasteiger partial charge is 0.350 e. The Morgan fingerprint density at radius 1 is 1.19 bits per heavy atom. The molecule has 1 fully saturated rings. The third-order valence-corrected chi connectivity index (χ3v) is 5.31. The molecule has 27 heavy (non-hydrogen) atoms. The van der Waals surface area contributed by atoms with Crippen LogP contribution in [0.4, 0.5) is 0 Å². The Morgan fingerprint density at radius 2 is 1.93 bits per heavy atom. The van der Waals surface area contributed by atoms with Crippen molar-refractivity contribution in [3.05, 3.63) is 64.4 Å². The van der Waals surface area contributed by atoms with Crippen molar-refractivity contribution in [1.29, 1.82) is 0 Å². The molecule has 1 saturated heterocycles. The van der Waals surface area contributed by atoms with E-state index < -0.39 is 0 Å². The van der Waals surface area contributed by atoms with Crippen LogP contribution in [0.15, 0.2) is 41.3 Å². The van der Waals surface area contributed by atoms with Crippen LogP contribution in [0.3, 0.4) is 0 Å². The zero-order valence-electron chi connectivity index (χ0n) is 15.9. The molecule has 1 aliphatic heterocycles.